The van der Waals surface area contributed by atoms with Crippen LogP contribution in [0.3, 0.4) is 0 Å². The van der Waals surface area contributed by atoms with Gasteiger partial charge in [0.2, 0.25) is 0 Å². The number of anilines is 1. The number of aryl methyl sites for hydroxylation is 3. The highest BCUT2D eigenvalue weighted by Crippen LogP contribution is 2.31. The van der Waals surface area contributed by atoms with Crippen LogP contribution in [0.15, 0.2) is 53.6 Å². The average Bonchev–Trinajstić information content (AvgIpc) is 3.07. The van der Waals surface area contributed by atoms with Crippen molar-refractivity contribution in [2.75, 3.05) is 4.72 Å². The Morgan fingerprint density at radius 1 is 1.15 bits per heavy atom. The molecule has 0 saturated carbocycles. The fourth-order valence-electron chi connectivity index (χ4n) is 3.40. The van der Waals surface area contributed by atoms with E-state index in [4.69, 9.17) is 16.6 Å². The maximum absolute atomic E-state index is 13.0. The third-order valence-corrected chi connectivity index (χ3v) is 6.54. The number of fused-ring (bicyclic) bond motifs is 1. The van der Waals surface area contributed by atoms with Crippen LogP contribution in [0.25, 0.3) is 11.3 Å². The molecule has 0 saturated heterocycles. The number of para-hydroxylation sites is 1. The highest BCUT2D eigenvalue weighted by Gasteiger charge is 2.21. The number of hydrogen-bond acceptors (Lipinski definition) is 3. The molecule has 140 valence electrons. The molecule has 0 aliphatic carbocycles. The van der Waals surface area contributed by atoms with Crippen LogP contribution >= 0.6 is 11.6 Å². The molecule has 27 heavy (non-hydrogen) atoms. The van der Waals surface area contributed by atoms with Crippen molar-refractivity contribution in [1.29, 1.82) is 0 Å². The van der Waals surface area contributed by atoms with Crippen molar-refractivity contribution in [3.05, 3.63) is 65.1 Å². The SMILES string of the molecule is Cc1ccc(Cl)cc1S(=O)(=O)Nc1ccccc1-c1cn2c(n1)CCCC2. The van der Waals surface area contributed by atoms with E-state index in [0.29, 0.717) is 16.3 Å². The van der Waals surface area contributed by atoms with Crippen molar-refractivity contribution in [1.82, 2.24) is 9.55 Å². The van der Waals surface area contributed by atoms with Gasteiger partial charge in [-0.15, -0.1) is 0 Å². The van der Waals surface area contributed by atoms with E-state index in [1.807, 2.05) is 24.4 Å². The van der Waals surface area contributed by atoms with Crippen molar-refractivity contribution in [3.63, 3.8) is 0 Å². The third kappa shape index (κ3) is 3.59. The van der Waals surface area contributed by atoms with Crippen molar-refractivity contribution >= 4 is 27.3 Å². The molecular formula is C20H20ClN3O2S. The summed E-state index contributed by atoms with van der Waals surface area (Å²) < 4.78 is 30.8. The molecule has 0 amide bonds. The first kappa shape index (κ1) is 18.1. The number of rotatable bonds is 4. The fourth-order valence-corrected chi connectivity index (χ4v) is 4.99. The summed E-state index contributed by atoms with van der Waals surface area (Å²) in [5.41, 5.74) is 2.70. The lowest BCUT2D eigenvalue weighted by atomic mass is 10.1. The standard InChI is InChI=1S/C20H20ClN3O2S/c1-14-9-10-15(21)12-19(14)27(25,26)23-17-7-3-2-6-16(17)18-13-24-11-5-4-8-20(24)22-18/h2-3,6-7,9-10,12-13,23H,4-5,8,11H2,1H3. The van der Waals surface area contributed by atoms with Gasteiger partial charge in [-0.1, -0.05) is 35.9 Å². The van der Waals surface area contributed by atoms with Gasteiger partial charge < -0.3 is 4.57 Å². The van der Waals surface area contributed by atoms with Crippen LogP contribution in [0.2, 0.25) is 5.02 Å². The first-order valence-electron chi connectivity index (χ1n) is 8.88. The quantitative estimate of drug-likeness (QED) is 0.692. The fraction of sp³-hybridized carbons (Fsp3) is 0.250. The van der Waals surface area contributed by atoms with E-state index >= 15 is 0 Å². The molecule has 1 N–H and O–H groups in total. The molecule has 0 fully saturated rings. The average molecular weight is 402 g/mol. The summed E-state index contributed by atoms with van der Waals surface area (Å²) in [6, 6.07) is 12.2. The minimum Gasteiger partial charge on any atom is -0.334 e. The van der Waals surface area contributed by atoms with E-state index in [1.165, 1.54) is 6.07 Å². The third-order valence-electron chi connectivity index (χ3n) is 4.80. The van der Waals surface area contributed by atoms with Crippen molar-refractivity contribution in [2.24, 2.45) is 0 Å². The number of sulfonamides is 1. The van der Waals surface area contributed by atoms with Gasteiger partial charge in [0.25, 0.3) is 10.0 Å². The molecule has 0 atom stereocenters. The summed E-state index contributed by atoms with van der Waals surface area (Å²) in [6.45, 7) is 2.71. The number of nitrogens with zero attached hydrogens (tertiary/aromatic N) is 2. The van der Waals surface area contributed by atoms with Gasteiger partial charge in [-0.25, -0.2) is 13.4 Å². The monoisotopic (exact) mass is 401 g/mol. The highest BCUT2D eigenvalue weighted by molar-refractivity contribution is 7.92. The van der Waals surface area contributed by atoms with Crippen LogP contribution in [-0.2, 0) is 23.0 Å². The second kappa shape index (κ2) is 7.02. The van der Waals surface area contributed by atoms with Gasteiger partial charge in [0, 0.05) is 29.7 Å². The summed E-state index contributed by atoms with van der Waals surface area (Å²) in [5.74, 6) is 1.06. The van der Waals surface area contributed by atoms with Gasteiger partial charge in [0.05, 0.1) is 16.3 Å². The van der Waals surface area contributed by atoms with Gasteiger partial charge in [0.1, 0.15) is 5.82 Å². The number of aromatic nitrogens is 2. The minimum absolute atomic E-state index is 0.175. The van der Waals surface area contributed by atoms with Crippen molar-refractivity contribution < 1.29 is 8.42 Å². The Labute approximate surface area is 164 Å². The van der Waals surface area contributed by atoms with Gasteiger partial charge in [0.15, 0.2) is 0 Å². The molecule has 2 heterocycles. The van der Waals surface area contributed by atoms with E-state index in [-0.39, 0.29) is 4.90 Å². The molecule has 3 aromatic rings. The van der Waals surface area contributed by atoms with Gasteiger partial charge >= 0.3 is 0 Å². The Bertz CT molecular complexity index is 1080. The molecule has 1 aliphatic heterocycles. The molecule has 1 aromatic heterocycles. The first-order valence-corrected chi connectivity index (χ1v) is 10.7. The zero-order valence-electron chi connectivity index (χ0n) is 14.9. The molecule has 0 bridgehead atoms. The normalized spacial score (nSPS) is 14.0. The maximum Gasteiger partial charge on any atom is 0.262 e. The molecule has 5 nitrogen and oxygen atoms in total. The van der Waals surface area contributed by atoms with Crippen LogP contribution in [-0.4, -0.2) is 18.0 Å². The van der Waals surface area contributed by atoms with Crippen LogP contribution in [0, 0.1) is 6.92 Å². The molecule has 1 aliphatic rings. The highest BCUT2D eigenvalue weighted by atomic mass is 35.5. The largest absolute Gasteiger partial charge is 0.334 e. The van der Waals surface area contributed by atoms with Gasteiger partial charge in [-0.2, -0.15) is 0 Å². The Kier molecular flexibility index (Phi) is 4.70. The first-order chi connectivity index (χ1) is 12.9. The van der Waals surface area contributed by atoms with E-state index in [2.05, 4.69) is 9.29 Å². The Morgan fingerprint density at radius 2 is 1.96 bits per heavy atom. The predicted octanol–water partition coefficient (Wildman–Crippen LogP) is 4.65. The summed E-state index contributed by atoms with van der Waals surface area (Å²) >= 11 is 6.01. The van der Waals surface area contributed by atoms with Crippen LogP contribution in [0.5, 0.6) is 0 Å². The van der Waals surface area contributed by atoms with Crippen LogP contribution in [0.1, 0.15) is 24.2 Å². The lowest BCUT2D eigenvalue weighted by Gasteiger charge is -2.13. The summed E-state index contributed by atoms with van der Waals surface area (Å²) in [7, 11) is -3.77. The van der Waals surface area contributed by atoms with E-state index in [1.54, 1.807) is 25.1 Å². The van der Waals surface area contributed by atoms with Gasteiger partial charge in [-0.3, -0.25) is 4.72 Å². The molecule has 7 heteroatoms. The van der Waals surface area contributed by atoms with E-state index < -0.39 is 10.0 Å². The summed E-state index contributed by atoms with van der Waals surface area (Å²) in [6.07, 6.45) is 5.24. The van der Waals surface area contributed by atoms with E-state index in [0.717, 1.165) is 42.9 Å². The maximum atomic E-state index is 13.0. The molecule has 2 aromatic carbocycles. The zero-order chi connectivity index (χ0) is 19.0. The number of halogens is 1. The van der Waals surface area contributed by atoms with Gasteiger partial charge in [-0.05, 0) is 43.5 Å². The lowest BCUT2D eigenvalue weighted by Crippen LogP contribution is -2.15. The topological polar surface area (TPSA) is 64.0 Å². The van der Waals surface area contributed by atoms with E-state index in [9.17, 15) is 8.42 Å². The molecule has 4 rings (SSSR count). The second-order valence-electron chi connectivity index (χ2n) is 6.75. The van der Waals surface area contributed by atoms with Crippen molar-refractivity contribution in [3.8, 4) is 11.3 Å². The van der Waals surface area contributed by atoms with Crippen LogP contribution in [0.4, 0.5) is 5.69 Å². The molecule has 0 spiro atoms. The Balaban J connectivity index is 1.73. The minimum atomic E-state index is -3.77. The molecule has 0 radical (unpaired) electrons. The number of nitrogens with one attached hydrogen (secondary N) is 1. The number of benzene rings is 2. The lowest BCUT2D eigenvalue weighted by molar-refractivity contribution is 0.522. The Hall–Kier alpha value is -2.31. The molecular weight excluding hydrogens is 382 g/mol. The predicted molar refractivity (Wildman–Crippen MR) is 108 cm³/mol. The smallest absolute Gasteiger partial charge is 0.262 e. The number of imidazole rings is 1. The Morgan fingerprint density at radius 3 is 2.78 bits per heavy atom. The number of hydrogen-bond donors (Lipinski definition) is 1. The molecule has 0 unspecified atom stereocenters. The summed E-state index contributed by atoms with van der Waals surface area (Å²) in [4.78, 5) is 4.90. The second-order valence-corrected chi connectivity index (χ2v) is 8.84. The zero-order valence-corrected chi connectivity index (χ0v) is 16.5. The van der Waals surface area contributed by atoms with Crippen molar-refractivity contribution in [2.45, 2.75) is 37.6 Å². The van der Waals surface area contributed by atoms with Crippen LogP contribution < -0.4 is 4.72 Å². The summed E-state index contributed by atoms with van der Waals surface area (Å²) in [5, 5.41) is 0.385.